The van der Waals surface area contributed by atoms with E-state index in [1.807, 2.05) is 13.8 Å². The van der Waals surface area contributed by atoms with Crippen LogP contribution in [0.4, 0.5) is 0 Å². The minimum absolute atomic E-state index is 0.0535. The molecule has 0 aromatic heterocycles. The highest BCUT2D eigenvalue weighted by Crippen LogP contribution is 2.26. The number of nitrogens with one attached hydrogen (secondary N) is 1. The summed E-state index contributed by atoms with van der Waals surface area (Å²) in [6.45, 7) is 4.15. The molecule has 22 heavy (non-hydrogen) atoms. The van der Waals surface area contributed by atoms with Crippen molar-refractivity contribution in [3.05, 3.63) is 28.3 Å². The zero-order chi connectivity index (χ0) is 16.3. The zero-order valence-corrected chi connectivity index (χ0v) is 13.3. The molecular formula is C15H19ClN2O4. The Labute approximate surface area is 133 Å². The minimum Gasteiger partial charge on any atom is -0.484 e. The smallest absolute Gasteiger partial charge is 0.258 e. The van der Waals surface area contributed by atoms with Crippen LogP contribution in [0.5, 0.6) is 5.75 Å². The van der Waals surface area contributed by atoms with Gasteiger partial charge in [0.1, 0.15) is 5.75 Å². The highest BCUT2D eigenvalue weighted by Gasteiger charge is 2.41. The largest absolute Gasteiger partial charge is 0.484 e. The molecule has 3 N–H and O–H groups in total. The molecule has 1 saturated heterocycles. The van der Waals surface area contributed by atoms with Crippen molar-refractivity contribution in [1.82, 2.24) is 5.32 Å². The summed E-state index contributed by atoms with van der Waals surface area (Å²) in [4.78, 5) is 23.0. The van der Waals surface area contributed by atoms with Crippen molar-refractivity contribution in [2.45, 2.75) is 25.8 Å². The monoisotopic (exact) mass is 326 g/mol. The van der Waals surface area contributed by atoms with E-state index in [1.165, 1.54) is 0 Å². The first kappa shape index (κ1) is 16.6. The quantitative estimate of drug-likeness (QED) is 0.819. The Morgan fingerprint density at radius 3 is 2.41 bits per heavy atom. The fourth-order valence-electron chi connectivity index (χ4n) is 2.37. The highest BCUT2D eigenvalue weighted by atomic mass is 35.5. The lowest BCUT2D eigenvalue weighted by Gasteiger charge is -2.41. The molecule has 7 heteroatoms. The summed E-state index contributed by atoms with van der Waals surface area (Å²) in [6.07, 6.45) is 0.0535. The lowest BCUT2D eigenvalue weighted by atomic mass is 9.92. The molecule has 1 heterocycles. The Bertz CT molecular complexity index is 576. The van der Waals surface area contributed by atoms with Crippen LogP contribution in [0.15, 0.2) is 12.1 Å². The number of nitrogens with two attached hydrogens (primary N) is 1. The van der Waals surface area contributed by atoms with Crippen molar-refractivity contribution in [1.29, 1.82) is 0 Å². The Kier molecular flexibility index (Phi) is 4.93. The zero-order valence-electron chi connectivity index (χ0n) is 12.6. The molecule has 1 aliphatic rings. The van der Waals surface area contributed by atoms with Gasteiger partial charge in [-0.05, 0) is 37.1 Å². The molecule has 0 saturated carbocycles. The van der Waals surface area contributed by atoms with E-state index in [9.17, 15) is 9.59 Å². The fourth-order valence-corrected chi connectivity index (χ4v) is 2.48. The molecule has 1 aromatic rings. The average molecular weight is 327 g/mol. The minimum atomic E-state index is -0.696. The van der Waals surface area contributed by atoms with Crippen LogP contribution in [0.1, 0.15) is 17.5 Å². The van der Waals surface area contributed by atoms with Crippen molar-refractivity contribution >= 4 is 23.4 Å². The van der Waals surface area contributed by atoms with Crippen molar-refractivity contribution in [3.63, 3.8) is 0 Å². The third-order valence-electron chi connectivity index (χ3n) is 3.45. The van der Waals surface area contributed by atoms with E-state index in [-0.39, 0.29) is 32.1 Å². The number of ether oxygens (including phenoxy) is 2. The molecule has 0 unspecified atom stereocenters. The number of primary amides is 1. The average Bonchev–Trinajstić information content (AvgIpc) is 2.39. The summed E-state index contributed by atoms with van der Waals surface area (Å²) >= 11 is 6.08. The lowest BCUT2D eigenvalue weighted by Crippen LogP contribution is -2.64. The van der Waals surface area contributed by atoms with Gasteiger partial charge < -0.3 is 20.5 Å². The predicted molar refractivity (Wildman–Crippen MR) is 81.9 cm³/mol. The normalized spacial score (nSPS) is 15.8. The van der Waals surface area contributed by atoms with Crippen LogP contribution in [0.2, 0.25) is 5.02 Å². The molecule has 2 amide bonds. The van der Waals surface area contributed by atoms with Crippen LogP contribution in [0, 0.1) is 13.8 Å². The summed E-state index contributed by atoms with van der Waals surface area (Å²) in [5.41, 5.74) is 6.26. The number of carbonyl (C=O) groups excluding carboxylic acids is 2. The molecular weight excluding hydrogens is 308 g/mol. The maximum absolute atomic E-state index is 12.0. The van der Waals surface area contributed by atoms with Gasteiger partial charge in [0.05, 0.1) is 25.2 Å². The molecule has 0 atom stereocenters. The van der Waals surface area contributed by atoms with Gasteiger partial charge in [-0.1, -0.05) is 11.6 Å². The first-order valence-electron chi connectivity index (χ1n) is 6.88. The summed E-state index contributed by atoms with van der Waals surface area (Å²) in [7, 11) is 0. The molecule has 1 aromatic carbocycles. The van der Waals surface area contributed by atoms with Gasteiger partial charge in [-0.2, -0.15) is 0 Å². The molecule has 120 valence electrons. The SMILES string of the molecule is Cc1cc(OCC(=O)NC2(CC(N)=O)COC2)cc(C)c1Cl. The summed E-state index contributed by atoms with van der Waals surface area (Å²) in [5.74, 6) is -0.230. The molecule has 1 fully saturated rings. The topological polar surface area (TPSA) is 90.6 Å². The third-order valence-corrected chi connectivity index (χ3v) is 4.05. The van der Waals surface area contributed by atoms with E-state index in [4.69, 9.17) is 26.8 Å². The van der Waals surface area contributed by atoms with Crippen LogP contribution in [-0.4, -0.2) is 37.2 Å². The van der Waals surface area contributed by atoms with Gasteiger partial charge in [-0.3, -0.25) is 9.59 Å². The number of halogens is 1. The fraction of sp³-hybridized carbons (Fsp3) is 0.467. The Balaban J connectivity index is 1.91. The van der Waals surface area contributed by atoms with Crippen LogP contribution >= 0.6 is 11.6 Å². The third kappa shape index (κ3) is 3.90. The number of aryl methyl sites for hydroxylation is 2. The number of hydrogen-bond acceptors (Lipinski definition) is 4. The maximum atomic E-state index is 12.0. The molecule has 1 aliphatic heterocycles. The van der Waals surface area contributed by atoms with Gasteiger partial charge in [0.15, 0.2) is 6.61 Å². The predicted octanol–water partition coefficient (Wildman–Crippen LogP) is 1.10. The number of carbonyl (C=O) groups is 2. The van der Waals surface area contributed by atoms with E-state index >= 15 is 0 Å². The Morgan fingerprint density at radius 2 is 1.95 bits per heavy atom. The van der Waals surface area contributed by atoms with E-state index in [0.29, 0.717) is 10.8 Å². The van der Waals surface area contributed by atoms with E-state index in [0.717, 1.165) is 11.1 Å². The summed E-state index contributed by atoms with van der Waals surface area (Å²) in [5, 5.41) is 3.44. The highest BCUT2D eigenvalue weighted by molar-refractivity contribution is 6.32. The van der Waals surface area contributed by atoms with Gasteiger partial charge >= 0.3 is 0 Å². The van der Waals surface area contributed by atoms with Crippen LogP contribution < -0.4 is 15.8 Å². The first-order valence-corrected chi connectivity index (χ1v) is 7.26. The summed E-state index contributed by atoms with van der Waals surface area (Å²) in [6, 6.07) is 3.54. The molecule has 6 nitrogen and oxygen atoms in total. The second-order valence-corrected chi connectivity index (χ2v) is 6.00. The lowest BCUT2D eigenvalue weighted by molar-refractivity contribution is -0.139. The number of benzene rings is 1. The van der Waals surface area contributed by atoms with Crippen LogP contribution in [0.3, 0.4) is 0 Å². The van der Waals surface area contributed by atoms with Gasteiger partial charge in [0.25, 0.3) is 5.91 Å². The molecule has 2 rings (SSSR count). The number of rotatable bonds is 6. The first-order chi connectivity index (χ1) is 10.3. The van der Waals surface area contributed by atoms with Crippen LogP contribution in [0.25, 0.3) is 0 Å². The Hall–Kier alpha value is -1.79. The second-order valence-electron chi connectivity index (χ2n) is 5.62. The second kappa shape index (κ2) is 6.54. The van der Waals surface area contributed by atoms with Crippen molar-refractivity contribution in [2.24, 2.45) is 5.73 Å². The van der Waals surface area contributed by atoms with Crippen molar-refractivity contribution in [2.75, 3.05) is 19.8 Å². The molecule has 0 aliphatic carbocycles. The van der Waals surface area contributed by atoms with E-state index in [1.54, 1.807) is 12.1 Å². The van der Waals surface area contributed by atoms with Crippen molar-refractivity contribution < 1.29 is 19.1 Å². The van der Waals surface area contributed by atoms with Gasteiger partial charge in [-0.15, -0.1) is 0 Å². The summed E-state index contributed by atoms with van der Waals surface area (Å²) < 4.78 is 10.5. The number of hydrogen-bond donors (Lipinski definition) is 2. The van der Waals surface area contributed by atoms with E-state index < -0.39 is 11.4 Å². The molecule has 0 spiro atoms. The molecule has 0 radical (unpaired) electrons. The Morgan fingerprint density at radius 1 is 1.36 bits per heavy atom. The van der Waals surface area contributed by atoms with Gasteiger partial charge in [-0.25, -0.2) is 0 Å². The van der Waals surface area contributed by atoms with Gasteiger partial charge in [0, 0.05) is 5.02 Å². The standard InChI is InChI=1S/C15H19ClN2O4/c1-9-3-11(4-10(2)14(9)16)22-6-13(20)18-15(5-12(17)19)7-21-8-15/h3-4H,5-8H2,1-2H3,(H2,17,19)(H,18,20). The molecule has 0 bridgehead atoms. The maximum Gasteiger partial charge on any atom is 0.258 e. The van der Waals surface area contributed by atoms with E-state index in [2.05, 4.69) is 5.32 Å². The van der Waals surface area contributed by atoms with Crippen LogP contribution in [-0.2, 0) is 14.3 Å². The van der Waals surface area contributed by atoms with Crippen molar-refractivity contribution in [3.8, 4) is 5.75 Å². The van der Waals surface area contributed by atoms with Gasteiger partial charge in [0.2, 0.25) is 5.91 Å². The number of amides is 2.